The first-order valence-corrected chi connectivity index (χ1v) is 9.04. The topological polar surface area (TPSA) is 38.7 Å². The van der Waals surface area contributed by atoms with Crippen LogP contribution >= 0.6 is 0 Å². The number of benzene rings is 2. The molecule has 1 aliphatic heterocycles. The minimum atomic E-state index is -0.640. The fraction of sp³-hybridized carbons (Fsp3) is 0.429. The van der Waals surface area contributed by atoms with Crippen molar-refractivity contribution in [2.45, 2.75) is 32.5 Å². The summed E-state index contributed by atoms with van der Waals surface area (Å²) in [6, 6.07) is 9.92. The highest BCUT2D eigenvalue weighted by Gasteiger charge is 2.23. The van der Waals surface area contributed by atoms with Gasteiger partial charge in [-0.1, -0.05) is 37.6 Å². The monoisotopic (exact) mass is 362 g/mol. The van der Waals surface area contributed by atoms with Gasteiger partial charge in [-0.25, -0.2) is 8.78 Å². The average molecular weight is 362 g/mol. The van der Waals surface area contributed by atoms with Crippen LogP contribution in [-0.4, -0.2) is 24.9 Å². The van der Waals surface area contributed by atoms with Crippen LogP contribution in [0.3, 0.4) is 0 Å². The quantitative estimate of drug-likeness (QED) is 0.814. The van der Waals surface area contributed by atoms with Gasteiger partial charge in [0.2, 0.25) is 0 Å². The number of aliphatic hydroxyl groups excluding tert-OH is 1. The summed E-state index contributed by atoms with van der Waals surface area (Å²) in [6.07, 6.45) is 1.78. The molecule has 1 aliphatic rings. The van der Waals surface area contributed by atoms with Gasteiger partial charge in [0.05, 0.1) is 13.2 Å². The molecule has 1 N–H and O–H groups in total. The Kier molecular flexibility index (Phi) is 6.35. The fourth-order valence-corrected chi connectivity index (χ4v) is 3.26. The van der Waals surface area contributed by atoms with Gasteiger partial charge < -0.3 is 14.6 Å². The van der Waals surface area contributed by atoms with Gasteiger partial charge in [-0.15, -0.1) is 0 Å². The molecule has 0 aromatic heterocycles. The second kappa shape index (κ2) is 8.71. The Morgan fingerprint density at radius 1 is 1.00 bits per heavy atom. The van der Waals surface area contributed by atoms with Crippen LogP contribution in [0.5, 0.6) is 0 Å². The van der Waals surface area contributed by atoms with Gasteiger partial charge in [0.1, 0.15) is 11.6 Å². The molecule has 3 rings (SSSR count). The average Bonchev–Trinajstić information content (AvgIpc) is 2.66. The van der Waals surface area contributed by atoms with Crippen LogP contribution < -0.4 is 0 Å². The van der Waals surface area contributed by atoms with Gasteiger partial charge in [-0.05, 0) is 29.7 Å². The first-order valence-electron chi connectivity index (χ1n) is 9.04. The van der Waals surface area contributed by atoms with Crippen molar-refractivity contribution >= 4 is 0 Å². The lowest BCUT2D eigenvalue weighted by Gasteiger charge is -2.29. The van der Waals surface area contributed by atoms with Gasteiger partial charge in [-0.3, -0.25) is 0 Å². The van der Waals surface area contributed by atoms with Crippen LogP contribution in [0.25, 0.3) is 11.1 Å². The summed E-state index contributed by atoms with van der Waals surface area (Å²) in [7, 11) is 0. The Labute approximate surface area is 152 Å². The van der Waals surface area contributed by atoms with E-state index in [0.717, 1.165) is 18.4 Å². The number of aliphatic hydroxyl groups is 1. The predicted molar refractivity (Wildman–Crippen MR) is 95.6 cm³/mol. The van der Waals surface area contributed by atoms with Crippen LogP contribution in [-0.2, 0) is 15.9 Å². The number of halogens is 2. The number of rotatable bonds is 6. The van der Waals surface area contributed by atoms with Crippen molar-refractivity contribution in [3.63, 3.8) is 0 Å². The van der Waals surface area contributed by atoms with Crippen LogP contribution in [0.2, 0.25) is 0 Å². The third-order valence-electron chi connectivity index (χ3n) is 4.68. The zero-order valence-corrected chi connectivity index (χ0v) is 14.9. The van der Waals surface area contributed by atoms with Crippen molar-refractivity contribution in [2.24, 2.45) is 5.92 Å². The Hall–Kier alpha value is -1.82. The van der Waals surface area contributed by atoms with Gasteiger partial charge in [0.25, 0.3) is 0 Å². The second-order valence-corrected chi connectivity index (χ2v) is 6.67. The van der Waals surface area contributed by atoms with E-state index in [0.29, 0.717) is 30.3 Å². The lowest BCUT2D eigenvalue weighted by atomic mass is 10.00. The summed E-state index contributed by atoms with van der Waals surface area (Å²) in [5.74, 6) is -0.836. The maximum absolute atomic E-state index is 14.1. The van der Waals surface area contributed by atoms with Crippen molar-refractivity contribution in [3.8, 4) is 11.1 Å². The third kappa shape index (κ3) is 4.29. The van der Waals surface area contributed by atoms with E-state index < -0.39 is 17.9 Å². The summed E-state index contributed by atoms with van der Waals surface area (Å²) in [6.45, 7) is 3.22. The molecule has 5 heteroatoms. The molecule has 2 aromatic carbocycles. The summed E-state index contributed by atoms with van der Waals surface area (Å²) < 4.78 is 39.7. The zero-order chi connectivity index (χ0) is 18.5. The highest BCUT2D eigenvalue weighted by Crippen LogP contribution is 2.30. The molecule has 0 unspecified atom stereocenters. The molecule has 2 aromatic rings. The third-order valence-corrected chi connectivity index (χ3v) is 4.68. The lowest BCUT2D eigenvalue weighted by molar-refractivity contribution is -0.206. The highest BCUT2D eigenvalue weighted by atomic mass is 19.1. The first-order chi connectivity index (χ1) is 12.6. The molecular formula is C21H24F2O3. The molecule has 0 spiro atoms. The fourth-order valence-electron chi connectivity index (χ4n) is 3.26. The van der Waals surface area contributed by atoms with Crippen molar-refractivity contribution in [3.05, 3.63) is 59.2 Å². The SMILES string of the molecule is CCCC1COC(c2ccc(-c3cc(F)c(CCO)c(F)c3)cc2)OC1. The molecule has 0 amide bonds. The molecule has 3 nitrogen and oxygen atoms in total. The molecule has 0 atom stereocenters. The lowest BCUT2D eigenvalue weighted by Crippen LogP contribution is -2.26. The standard InChI is InChI=1S/C21H24F2O3/c1-2-3-14-12-25-21(26-13-14)16-6-4-15(5-7-16)17-10-19(22)18(8-9-24)20(23)11-17/h4-7,10-11,14,21,24H,2-3,8-9,12-13H2,1H3. The molecule has 1 heterocycles. The zero-order valence-electron chi connectivity index (χ0n) is 14.9. The van der Waals surface area contributed by atoms with E-state index in [1.54, 1.807) is 12.1 Å². The largest absolute Gasteiger partial charge is 0.396 e. The van der Waals surface area contributed by atoms with E-state index in [1.165, 1.54) is 12.1 Å². The van der Waals surface area contributed by atoms with E-state index in [-0.39, 0.29) is 18.6 Å². The number of hydrogen-bond acceptors (Lipinski definition) is 3. The van der Waals surface area contributed by atoms with E-state index in [9.17, 15) is 8.78 Å². The first kappa shape index (κ1) is 19.0. The van der Waals surface area contributed by atoms with Gasteiger partial charge >= 0.3 is 0 Å². The molecule has 1 saturated heterocycles. The van der Waals surface area contributed by atoms with Crippen molar-refractivity contribution in [1.29, 1.82) is 0 Å². The molecule has 140 valence electrons. The molecule has 0 radical (unpaired) electrons. The highest BCUT2D eigenvalue weighted by molar-refractivity contribution is 5.64. The van der Waals surface area contributed by atoms with Gasteiger partial charge in [0, 0.05) is 30.1 Å². The number of ether oxygens (including phenoxy) is 2. The van der Waals surface area contributed by atoms with Crippen LogP contribution in [0.1, 0.15) is 37.2 Å². The van der Waals surface area contributed by atoms with Crippen LogP contribution in [0.15, 0.2) is 36.4 Å². The molecule has 0 bridgehead atoms. The molecule has 1 fully saturated rings. The smallest absolute Gasteiger partial charge is 0.183 e. The molecule has 26 heavy (non-hydrogen) atoms. The van der Waals surface area contributed by atoms with E-state index in [2.05, 4.69) is 6.92 Å². The Bertz CT molecular complexity index is 700. The minimum absolute atomic E-state index is 0.0354. The van der Waals surface area contributed by atoms with E-state index in [4.69, 9.17) is 14.6 Å². The van der Waals surface area contributed by atoms with Gasteiger partial charge in [-0.2, -0.15) is 0 Å². The minimum Gasteiger partial charge on any atom is -0.396 e. The maximum Gasteiger partial charge on any atom is 0.183 e. The Balaban J connectivity index is 1.72. The molecule has 0 saturated carbocycles. The molecule has 0 aliphatic carbocycles. The van der Waals surface area contributed by atoms with Gasteiger partial charge in [0.15, 0.2) is 6.29 Å². The predicted octanol–water partition coefficient (Wildman–Crippen LogP) is 4.63. The van der Waals surface area contributed by atoms with Crippen LogP contribution in [0, 0.1) is 17.6 Å². The summed E-state index contributed by atoms with van der Waals surface area (Å²) in [5.41, 5.74) is 1.98. The van der Waals surface area contributed by atoms with E-state index >= 15 is 0 Å². The number of hydrogen-bond donors (Lipinski definition) is 1. The molecular weight excluding hydrogens is 338 g/mol. The Morgan fingerprint density at radius 2 is 1.62 bits per heavy atom. The van der Waals surface area contributed by atoms with Crippen molar-refractivity contribution in [2.75, 3.05) is 19.8 Å². The van der Waals surface area contributed by atoms with Crippen molar-refractivity contribution in [1.82, 2.24) is 0 Å². The second-order valence-electron chi connectivity index (χ2n) is 6.67. The maximum atomic E-state index is 14.1. The summed E-state index contributed by atoms with van der Waals surface area (Å²) in [4.78, 5) is 0. The van der Waals surface area contributed by atoms with Crippen molar-refractivity contribution < 1.29 is 23.4 Å². The van der Waals surface area contributed by atoms with E-state index in [1.807, 2.05) is 12.1 Å². The normalized spacial score (nSPS) is 20.3. The van der Waals surface area contributed by atoms with Crippen LogP contribution in [0.4, 0.5) is 8.78 Å². The summed E-state index contributed by atoms with van der Waals surface area (Å²) >= 11 is 0. The summed E-state index contributed by atoms with van der Waals surface area (Å²) in [5, 5.41) is 8.90. The Morgan fingerprint density at radius 3 is 2.15 bits per heavy atom.